The zero-order chi connectivity index (χ0) is 8.86. The summed E-state index contributed by atoms with van der Waals surface area (Å²) in [5, 5.41) is 0. The minimum atomic E-state index is 0. The second-order valence-electron chi connectivity index (χ2n) is 7.13. The summed E-state index contributed by atoms with van der Waals surface area (Å²) in [4.78, 5) is 0. The van der Waals surface area contributed by atoms with Crippen LogP contribution in [0.4, 0.5) is 0 Å². The minimum Gasteiger partial charge on any atom is -1.00 e. The van der Waals surface area contributed by atoms with Crippen LogP contribution in [0.3, 0.4) is 0 Å². The van der Waals surface area contributed by atoms with Crippen molar-refractivity contribution in [2.75, 3.05) is 0 Å². The van der Waals surface area contributed by atoms with Gasteiger partial charge in [0.1, 0.15) is 0 Å². The first kappa shape index (κ1) is 9.97. The topological polar surface area (TPSA) is 0 Å². The van der Waals surface area contributed by atoms with Crippen LogP contribution in [-0.2, 0) is 0 Å². The zero-order valence-electron chi connectivity index (χ0n) is 10.9. The van der Waals surface area contributed by atoms with Crippen molar-refractivity contribution in [2.24, 2.45) is 47.3 Å². The van der Waals surface area contributed by atoms with Crippen molar-refractivity contribution in [2.45, 2.75) is 38.5 Å². The predicted molar refractivity (Wildman–Crippen MR) is 56.7 cm³/mol. The van der Waals surface area contributed by atoms with Crippen molar-refractivity contribution >= 4 is 0 Å². The molecule has 0 unspecified atom stereocenters. The van der Waals surface area contributed by atoms with Gasteiger partial charge in [-0.1, -0.05) is 0 Å². The fraction of sp³-hybridized carbons (Fsp3) is 1.00. The Morgan fingerprint density at radius 2 is 0.667 bits per heavy atom. The van der Waals surface area contributed by atoms with Gasteiger partial charge in [-0.2, -0.15) is 0 Å². The molecule has 78 valence electrons. The summed E-state index contributed by atoms with van der Waals surface area (Å²) in [6.07, 6.45) is 9.93. The summed E-state index contributed by atoms with van der Waals surface area (Å²) in [5.41, 5.74) is 0. The van der Waals surface area contributed by atoms with Gasteiger partial charge in [0, 0.05) is 0 Å². The Labute approximate surface area is 116 Å². The van der Waals surface area contributed by atoms with Gasteiger partial charge in [-0.15, -0.1) is 0 Å². The maximum absolute atomic E-state index is 1.65. The van der Waals surface area contributed by atoms with Crippen LogP contribution < -0.4 is 29.6 Å². The normalized spacial score (nSPS) is 67.2. The van der Waals surface area contributed by atoms with Crippen molar-refractivity contribution < 1.29 is 31.0 Å². The van der Waals surface area contributed by atoms with E-state index >= 15 is 0 Å². The SMILES string of the molecule is C1C2CC3C4CC5CC(C14)C(C2)C3C5.[H-].[Na+]. The monoisotopic (exact) mass is 212 g/mol. The molecule has 8 bridgehead atoms. The van der Waals surface area contributed by atoms with E-state index in [4.69, 9.17) is 0 Å². The van der Waals surface area contributed by atoms with Gasteiger partial charge in [-0.3, -0.25) is 0 Å². The Balaban J connectivity index is 0.000000405. The third kappa shape index (κ3) is 1.06. The minimum absolute atomic E-state index is 0. The maximum Gasteiger partial charge on any atom is 1.00 e. The number of hydrogen-bond donors (Lipinski definition) is 0. The molecule has 7 aliphatic rings. The molecule has 0 amide bonds. The molecule has 0 atom stereocenters. The Morgan fingerprint density at radius 3 is 0.867 bits per heavy atom. The Hall–Kier alpha value is 1.00. The van der Waals surface area contributed by atoms with Crippen LogP contribution in [-0.4, -0.2) is 0 Å². The number of rotatable bonds is 0. The summed E-state index contributed by atoms with van der Waals surface area (Å²) in [6.45, 7) is 0. The fourth-order valence-corrected chi connectivity index (χ4v) is 6.89. The molecule has 15 heavy (non-hydrogen) atoms. The van der Waals surface area contributed by atoms with Crippen molar-refractivity contribution in [3.8, 4) is 0 Å². The molecule has 7 rings (SSSR count). The van der Waals surface area contributed by atoms with E-state index in [1.165, 1.54) is 47.3 Å². The van der Waals surface area contributed by atoms with Gasteiger partial charge in [-0.25, -0.2) is 0 Å². The first-order valence-electron chi connectivity index (χ1n) is 6.90. The van der Waals surface area contributed by atoms with E-state index in [-0.39, 0.29) is 31.0 Å². The molecule has 0 radical (unpaired) electrons. The number of hydrogen-bond acceptors (Lipinski definition) is 0. The molecule has 0 aromatic carbocycles. The molecule has 7 saturated carbocycles. The second kappa shape index (κ2) is 3.06. The first-order chi connectivity index (χ1) is 6.90. The molecule has 7 fully saturated rings. The van der Waals surface area contributed by atoms with Crippen molar-refractivity contribution in [3.05, 3.63) is 0 Å². The molecular weight excluding hydrogens is 191 g/mol. The summed E-state index contributed by atoms with van der Waals surface area (Å²) < 4.78 is 0. The largest absolute Gasteiger partial charge is 1.00 e. The molecule has 0 aromatic heterocycles. The van der Waals surface area contributed by atoms with Crippen LogP contribution in [0.1, 0.15) is 40.0 Å². The third-order valence-corrected chi connectivity index (χ3v) is 6.93. The van der Waals surface area contributed by atoms with E-state index in [9.17, 15) is 0 Å². The standard InChI is InChI=1S/C14H20.Na.H/c1-7-2-12-10-4-8-5-11(9(1)10)13(3-7)14(12)6-8;;/h7-14H,1-6H2;;/q;+1;-1. The van der Waals surface area contributed by atoms with Gasteiger partial charge in [-0.05, 0) is 85.9 Å². The summed E-state index contributed by atoms with van der Waals surface area (Å²) in [5.74, 6) is 9.74. The molecule has 1 heteroatoms. The van der Waals surface area contributed by atoms with E-state index in [2.05, 4.69) is 0 Å². The third-order valence-electron chi connectivity index (χ3n) is 6.93. The Morgan fingerprint density at radius 1 is 0.467 bits per heavy atom. The average molecular weight is 212 g/mol. The smallest absolute Gasteiger partial charge is 1.00 e. The van der Waals surface area contributed by atoms with E-state index in [0.717, 1.165) is 0 Å². The van der Waals surface area contributed by atoms with Crippen LogP contribution in [0.2, 0.25) is 0 Å². The van der Waals surface area contributed by atoms with Crippen LogP contribution >= 0.6 is 0 Å². The van der Waals surface area contributed by atoms with Gasteiger partial charge < -0.3 is 1.43 Å². The summed E-state index contributed by atoms with van der Waals surface area (Å²) >= 11 is 0. The van der Waals surface area contributed by atoms with Crippen molar-refractivity contribution in [1.82, 2.24) is 0 Å². The van der Waals surface area contributed by atoms with Gasteiger partial charge in [0.2, 0.25) is 0 Å². The van der Waals surface area contributed by atoms with Crippen LogP contribution in [0.5, 0.6) is 0 Å². The Bertz CT molecular complexity index is 216. The van der Waals surface area contributed by atoms with Gasteiger partial charge in [0.15, 0.2) is 0 Å². The van der Waals surface area contributed by atoms with E-state index in [1.54, 1.807) is 38.5 Å². The molecule has 0 aromatic rings. The van der Waals surface area contributed by atoms with Crippen molar-refractivity contribution in [1.29, 1.82) is 0 Å². The van der Waals surface area contributed by atoms with E-state index in [1.807, 2.05) is 0 Å². The second-order valence-corrected chi connectivity index (χ2v) is 7.13. The van der Waals surface area contributed by atoms with E-state index in [0.29, 0.717) is 0 Å². The van der Waals surface area contributed by atoms with Gasteiger partial charge >= 0.3 is 29.6 Å². The molecule has 0 nitrogen and oxygen atoms in total. The molecular formula is C14H21Na. The average Bonchev–Trinajstić information content (AvgIpc) is 2.24. The van der Waals surface area contributed by atoms with Gasteiger partial charge in [0.25, 0.3) is 0 Å². The fourth-order valence-electron chi connectivity index (χ4n) is 6.89. The zero-order valence-corrected chi connectivity index (χ0v) is 11.9. The first-order valence-corrected chi connectivity index (χ1v) is 6.90. The Kier molecular flexibility index (Phi) is 2.03. The predicted octanol–water partition coefficient (Wildman–Crippen LogP) is 0.441. The van der Waals surface area contributed by atoms with E-state index < -0.39 is 0 Å². The molecule has 0 aliphatic heterocycles. The molecule has 0 spiro atoms. The quantitative estimate of drug-likeness (QED) is 0.511. The van der Waals surface area contributed by atoms with Crippen LogP contribution in [0.15, 0.2) is 0 Å². The summed E-state index contributed by atoms with van der Waals surface area (Å²) in [7, 11) is 0. The van der Waals surface area contributed by atoms with Crippen LogP contribution in [0.25, 0.3) is 0 Å². The molecule has 0 saturated heterocycles. The molecule has 7 aliphatic carbocycles. The molecule has 0 heterocycles. The van der Waals surface area contributed by atoms with Crippen molar-refractivity contribution in [3.63, 3.8) is 0 Å². The van der Waals surface area contributed by atoms with Crippen LogP contribution in [0, 0.1) is 47.3 Å². The van der Waals surface area contributed by atoms with Gasteiger partial charge in [0.05, 0.1) is 0 Å². The molecule has 0 N–H and O–H groups in total. The summed E-state index contributed by atoms with van der Waals surface area (Å²) in [6, 6.07) is 0. The maximum atomic E-state index is 1.65.